The maximum atomic E-state index is 10.2. The lowest BCUT2D eigenvalue weighted by Crippen LogP contribution is -1.94. The van der Waals surface area contributed by atoms with Crippen molar-refractivity contribution in [1.29, 1.82) is 0 Å². The van der Waals surface area contributed by atoms with Gasteiger partial charge in [-0.05, 0) is 20.8 Å². The third-order valence-electron chi connectivity index (χ3n) is 1.71. The molecule has 5 nitrogen and oxygen atoms in total. The van der Waals surface area contributed by atoms with Crippen molar-refractivity contribution in [2.45, 2.75) is 20.8 Å². The maximum Gasteiger partial charge on any atom is 0.238 e. The third-order valence-corrected chi connectivity index (χ3v) is 1.71. The van der Waals surface area contributed by atoms with Crippen LogP contribution >= 0.6 is 0 Å². The van der Waals surface area contributed by atoms with Crippen LogP contribution in [0.25, 0.3) is 0 Å². The molecule has 1 aromatic heterocycles. The summed E-state index contributed by atoms with van der Waals surface area (Å²) in [6, 6.07) is 0. The van der Waals surface area contributed by atoms with Crippen molar-refractivity contribution in [2.75, 3.05) is 6.61 Å². The van der Waals surface area contributed by atoms with Gasteiger partial charge in [0.2, 0.25) is 5.88 Å². The van der Waals surface area contributed by atoms with Crippen molar-refractivity contribution >= 4 is 0 Å². The summed E-state index contributed by atoms with van der Waals surface area (Å²) in [5.41, 5.74) is 1.57. The molecule has 0 aliphatic heterocycles. The number of nitroso groups, excluding NO2 is 1. The summed E-state index contributed by atoms with van der Waals surface area (Å²) in [6.07, 6.45) is 0. The zero-order valence-electron chi connectivity index (χ0n) is 7.37. The summed E-state index contributed by atoms with van der Waals surface area (Å²) in [7, 11) is 0. The van der Waals surface area contributed by atoms with Gasteiger partial charge in [-0.15, -0.1) is 14.8 Å². The Morgan fingerprint density at radius 2 is 2.25 bits per heavy atom. The highest BCUT2D eigenvalue weighted by atomic mass is 16.5. The molecular formula is C7H11N3O2. The molecule has 0 saturated heterocycles. The Morgan fingerprint density at radius 1 is 1.58 bits per heavy atom. The van der Waals surface area contributed by atoms with Crippen molar-refractivity contribution in [1.82, 2.24) is 9.89 Å². The second kappa shape index (κ2) is 3.34. The van der Waals surface area contributed by atoms with E-state index in [1.54, 1.807) is 6.92 Å². The Balaban J connectivity index is 3.06. The van der Waals surface area contributed by atoms with Gasteiger partial charge in [0.15, 0.2) is 0 Å². The number of aromatic nitrogens is 2. The number of nitrogens with zero attached hydrogens (tertiary/aromatic N) is 3. The molecule has 0 radical (unpaired) electrons. The molecule has 12 heavy (non-hydrogen) atoms. The average molecular weight is 169 g/mol. The first-order chi connectivity index (χ1) is 5.70. The fraction of sp³-hybridized carbons (Fsp3) is 0.571. The predicted molar refractivity (Wildman–Crippen MR) is 44.1 cm³/mol. The van der Waals surface area contributed by atoms with Crippen molar-refractivity contribution < 1.29 is 4.74 Å². The van der Waals surface area contributed by atoms with E-state index in [1.807, 2.05) is 13.8 Å². The quantitative estimate of drug-likeness (QED) is 0.643. The molecule has 0 amide bonds. The van der Waals surface area contributed by atoms with E-state index in [2.05, 4.69) is 10.4 Å². The minimum absolute atomic E-state index is 0.481. The number of ether oxygens (including phenoxy) is 1. The van der Waals surface area contributed by atoms with Crippen molar-refractivity contribution in [3.8, 4) is 5.88 Å². The summed E-state index contributed by atoms with van der Waals surface area (Å²) >= 11 is 0. The van der Waals surface area contributed by atoms with Crippen molar-refractivity contribution in [3.63, 3.8) is 0 Å². The first-order valence-corrected chi connectivity index (χ1v) is 3.73. The van der Waals surface area contributed by atoms with Crippen LogP contribution in [0, 0.1) is 18.8 Å². The van der Waals surface area contributed by atoms with E-state index in [4.69, 9.17) is 4.74 Å². The highest BCUT2D eigenvalue weighted by Gasteiger charge is 2.11. The smallest absolute Gasteiger partial charge is 0.238 e. The van der Waals surface area contributed by atoms with Gasteiger partial charge in [0.1, 0.15) is 0 Å². The Kier molecular flexibility index (Phi) is 2.42. The fourth-order valence-corrected chi connectivity index (χ4v) is 0.894. The van der Waals surface area contributed by atoms with Crippen LogP contribution in [0.3, 0.4) is 0 Å². The molecule has 5 heteroatoms. The number of hydrogen-bond donors (Lipinski definition) is 0. The van der Waals surface area contributed by atoms with E-state index < -0.39 is 0 Å². The fourth-order valence-electron chi connectivity index (χ4n) is 0.894. The second-order valence-electron chi connectivity index (χ2n) is 2.42. The standard InChI is InChI=1S/C7H11N3O2/c1-4-12-7-5(2)6(3)10(8-7)9-11/h4H2,1-3H3. The highest BCUT2D eigenvalue weighted by Crippen LogP contribution is 2.18. The lowest BCUT2D eigenvalue weighted by Gasteiger charge is -1.96. The Morgan fingerprint density at radius 3 is 2.67 bits per heavy atom. The van der Waals surface area contributed by atoms with Crippen LogP contribution in [0.1, 0.15) is 18.2 Å². The predicted octanol–water partition coefficient (Wildman–Crippen LogP) is 1.43. The van der Waals surface area contributed by atoms with Crippen LogP contribution in [0.4, 0.5) is 0 Å². The van der Waals surface area contributed by atoms with E-state index in [9.17, 15) is 4.91 Å². The molecule has 0 spiro atoms. The van der Waals surface area contributed by atoms with Crippen LogP contribution in [0.5, 0.6) is 5.88 Å². The summed E-state index contributed by atoms with van der Waals surface area (Å²) in [5, 5.41) is 6.54. The molecule has 0 fully saturated rings. The van der Waals surface area contributed by atoms with E-state index in [0.29, 0.717) is 18.2 Å². The van der Waals surface area contributed by atoms with E-state index in [1.165, 1.54) is 0 Å². The van der Waals surface area contributed by atoms with Crippen LogP contribution < -0.4 is 4.74 Å². The molecule has 0 aromatic carbocycles. The van der Waals surface area contributed by atoms with Gasteiger partial charge < -0.3 is 4.74 Å². The van der Waals surface area contributed by atoms with Crippen LogP contribution in [-0.2, 0) is 0 Å². The lowest BCUT2D eigenvalue weighted by molar-refractivity contribution is 0.320. The van der Waals surface area contributed by atoms with Gasteiger partial charge in [0.25, 0.3) is 0 Å². The van der Waals surface area contributed by atoms with Crippen LogP contribution in [-0.4, -0.2) is 16.5 Å². The molecular weight excluding hydrogens is 158 g/mol. The van der Waals surface area contributed by atoms with Crippen molar-refractivity contribution in [2.24, 2.45) is 5.29 Å². The summed E-state index contributed by atoms with van der Waals surface area (Å²) < 4.78 is 5.17. The van der Waals surface area contributed by atoms with Gasteiger partial charge in [0, 0.05) is 5.56 Å². The SMILES string of the molecule is CCOc1nn(N=O)c(C)c1C. The molecule has 0 aliphatic rings. The van der Waals surface area contributed by atoms with Gasteiger partial charge in [-0.1, -0.05) is 0 Å². The molecule has 0 atom stereocenters. The Bertz CT molecular complexity index is 293. The molecule has 0 aliphatic carbocycles. The van der Waals surface area contributed by atoms with Gasteiger partial charge in [-0.2, -0.15) is 0 Å². The van der Waals surface area contributed by atoms with Gasteiger partial charge in [-0.3, -0.25) is 0 Å². The molecule has 1 aromatic rings. The highest BCUT2D eigenvalue weighted by molar-refractivity contribution is 5.28. The number of rotatable bonds is 3. The largest absolute Gasteiger partial charge is 0.477 e. The van der Waals surface area contributed by atoms with Crippen molar-refractivity contribution in [3.05, 3.63) is 16.2 Å². The second-order valence-corrected chi connectivity index (χ2v) is 2.42. The average Bonchev–Trinajstić information content (AvgIpc) is 2.33. The molecule has 0 N–H and O–H groups in total. The first kappa shape index (κ1) is 8.70. The van der Waals surface area contributed by atoms with E-state index in [-0.39, 0.29) is 0 Å². The molecule has 66 valence electrons. The number of hydrogen-bond acceptors (Lipinski definition) is 4. The maximum absolute atomic E-state index is 10.2. The molecule has 0 bridgehead atoms. The summed E-state index contributed by atoms with van der Waals surface area (Å²) in [6.45, 7) is 6.01. The summed E-state index contributed by atoms with van der Waals surface area (Å²) in [5.74, 6) is 0.481. The Labute approximate surface area is 70.3 Å². The Hall–Kier alpha value is -1.39. The molecule has 1 heterocycles. The molecule has 0 unspecified atom stereocenters. The third kappa shape index (κ3) is 1.30. The van der Waals surface area contributed by atoms with Gasteiger partial charge >= 0.3 is 0 Å². The minimum Gasteiger partial charge on any atom is -0.477 e. The van der Waals surface area contributed by atoms with Gasteiger partial charge in [-0.25, -0.2) is 0 Å². The zero-order chi connectivity index (χ0) is 9.14. The normalized spacial score (nSPS) is 9.92. The zero-order valence-corrected chi connectivity index (χ0v) is 7.37. The molecule has 1 rings (SSSR count). The van der Waals surface area contributed by atoms with E-state index >= 15 is 0 Å². The summed E-state index contributed by atoms with van der Waals surface area (Å²) in [4.78, 5) is 11.2. The molecule has 0 saturated carbocycles. The van der Waals surface area contributed by atoms with Crippen LogP contribution in [0.15, 0.2) is 5.29 Å². The minimum atomic E-state index is 0.481. The monoisotopic (exact) mass is 169 g/mol. The topological polar surface area (TPSA) is 56.5 Å². The van der Waals surface area contributed by atoms with Gasteiger partial charge in [0.05, 0.1) is 17.6 Å². The van der Waals surface area contributed by atoms with Crippen LogP contribution in [0.2, 0.25) is 0 Å². The lowest BCUT2D eigenvalue weighted by atomic mass is 10.3. The van der Waals surface area contributed by atoms with E-state index in [0.717, 1.165) is 10.4 Å². The first-order valence-electron chi connectivity index (χ1n) is 3.73.